The highest BCUT2D eigenvalue weighted by Gasteiger charge is 2.26. The molecule has 0 spiro atoms. The number of nitrogens with one attached hydrogen (secondary N) is 2. The maximum atomic E-state index is 12.7. The predicted molar refractivity (Wildman–Crippen MR) is 133 cm³/mol. The molecule has 2 aromatic rings. The van der Waals surface area contributed by atoms with Crippen molar-refractivity contribution in [3.63, 3.8) is 0 Å². The van der Waals surface area contributed by atoms with Crippen LogP contribution >= 0.6 is 0 Å². The van der Waals surface area contributed by atoms with Gasteiger partial charge in [-0.2, -0.15) is 0 Å². The topological polar surface area (TPSA) is 81.8 Å². The number of amides is 3. The Morgan fingerprint density at radius 1 is 0.971 bits per heavy atom. The highest BCUT2D eigenvalue weighted by molar-refractivity contribution is 6.10. The number of fused-ring (bicyclic) bond motifs is 1. The quantitative estimate of drug-likeness (QED) is 0.659. The van der Waals surface area contributed by atoms with E-state index in [1.54, 1.807) is 12.1 Å². The first-order chi connectivity index (χ1) is 16.4. The van der Waals surface area contributed by atoms with Gasteiger partial charge in [0.1, 0.15) is 6.54 Å². The number of nitrogens with zero attached hydrogens (tertiary/aromatic N) is 2. The number of rotatable bonds is 7. The second-order valence-corrected chi connectivity index (χ2v) is 9.78. The van der Waals surface area contributed by atoms with E-state index in [-0.39, 0.29) is 37.1 Å². The van der Waals surface area contributed by atoms with Gasteiger partial charge in [0.2, 0.25) is 17.7 Å². The van der Waals surface area contributed by atoms with Crippen molar-refractivity contribution in [3.8, 4) is 0 Å². The number of hydrogen-bond acceptors (Lipinski definition) is 4. The van der Waals surface area contributed by atoms with Crippen molar-refractivity contribution < 1.29 is 14.4 Å². The van der Waals surface area contributed by atoms with Crippen molar-refractivity contribution in [2.45, 2.75) is 46.2 Å². The van der Waals surface area contributed by atoms with Crippen LogP contribution in [0.5, 0.6) is 0 Å². The van der Waals surface area contributed by atoms with Gasteiger partial charge in [0.05, 0.1) is 11.4 Å². The molecule has 1 saturated heterocycles. The highest BCUT2D eigenvalue weighted by Crippen LogP contribution is 2.29. The number of carbonyl (C=O) groups is 3. The van der Waals surface area contributed by atoms with E-state index in [2.05, 4.69) is 53.6 Å². The summed E-state index contributed by atoms with van der Waals surface area (Å²) in [6, 6.07) is 15.6. The first-order valence-corrected chi connectivity index (χ1v) is 12.1. The van der Waals surface area contributed by atoms with Crippen LogP contribution in [0.15, 0.2) is 48.5 Å². The van der Waals surface area contributed by atoms with Crippen molar-refractivity contribution in [1.29, 1.82) is 0 Å². The Kier molecular flexibility index (Phi) is 7.63. The molecule has 34 heavy (non-hydrogen) atoms. The van der Waals surface area contributed by atoms with Crippen LogP contribution in [0.3, 0.4) is 0 Å². The van der Waals surface area contributed by atoms with Gasteiger partial charge in [0.15, 0.2) is 0 Å². The Morgan fingerprint density at radius 2 is 1.65 bits per heavy atom. The molecule has 180 valence electrons. The van der Waals surface area contributed by atoms with Gasteiger partial charge in [-0.05, 0) is 41.5 Å². The number of para-hydroxylation sites is 2. The summed E-state index contributed by atoms with van der Waals surface area (Å²) in [6.45, 7) is 8.30. The maximum absolute atomic E-state index is 12.7. The minimum Gasteiger partial charge on any atom is -0.352 e. The lowest BCUT2D eigenvalue weighted by Gasteiger charge is -2.35. The van der Waals surface area contributed by atoms with Crippen molar-refractivity contribution in [1.82, 2.24) is 10.2 Å². The van der Waals surface area contributed by atoms with Crippen LogP contribution in [0.4, 0.5) is 11.4 Å². The third kappa shape index (κ3) is 6.23. The molecule has 0 radical (unpaired) electrons. The second-order valence-electron chi connectivity index (χ2n) is 9.78. The maximum Gasteiger partial charge on any atom is 0.244 e. The van der Waals surface area contributed by atoms with Crippen LogP contribution in [-0.2, 0) is 27.5 Å². The molecule has 0 aromatic heterocycles. The van der Waals surface area contributed by atoms with Crippen LogP contribution in [0.1, 0.15) is 44.2 Å². The Balaban J connectivity index is 1.22. The molecule has 2 atom stereocenters. The fourth-order valence-corrected chi connectivity index (χ4v) is 5.04. The van der Waals surface area contributed by atoms with Crippen LogP contribution < -0.4 is 15.5 Å². The molecule has 2 aliphatic heterocycles. The smallest absolute Gasteiger partial charge is 0.244 e. The molecule has 2 heterocycles. The summed E-state index contributed by atoms with van der Waals surface area (Å²) in [4.78, 5) is 40.9. The molecule has 2 N–H and O–H groups in total. The number of likely N-dealkylation sites (tertiary alicyclic amines) is 1. The number of carbonyl (C=O) groups excluding carboxylic acids is 3. The first kappa shape index (κ1) is 24.0. The summed E-state index contributed by atoms with van der Waals surface area (Å²) < 4.78 is 0. The normalized spacial score (nSPS) is 20.4. The largest absolute Gasteiger partial charge is 0.352 e. The zero-order chi connectivity index (χ0) is 24.1. The van der Waals surface area contributed by atoms with Crippen molar-refractivity contribution >= 4 is 29.1 Å². The Bertz CT molecular complexity index is 1030. The molecule has 2 aromatic carbocycles. The Hall–Kier alpha value is -3.19. The summed E-state index contributed by atoms with van der Waals surface area (Å²) in [5.74, 6) is 0.842. The minimum atomic E-state index is -0.233. The van der Waals surface area contributed by atoms with E-state index in [1.807, 2.05) is 12.1 Å². The highest BCUT2D eigenvalue weighted by atomic mass is 16.2. The number of benzene rings is 2. The van der Waals surface area contributed by atoms with E-state index in [0.717, 1.165) is 37.0 Å². The van der Waals surface area contributed by atoms with E-state index in [4.69, 9.17) is 0 Å². The first-order valence-electron chi connectivity index (χ1n) is 12.1. The van der Waals surface area contributed by atoms with Gasteiger partial charge < -0.3 is 15.5 Å². The summed E-state index contributed by atoms with van der Waals surface area (Å²) in [6.07, 6.45) is 1.45. The van der Waals surface area contributed by atoms with E-state index >= 15 is 0 Å². The standard InChI is InChI=1S/C27H34N4O3/c1-19-13-20(2)16-30(15-19)17-22-9-7-21(8-10-22)14-28-25(32)11-12-27(34)31-18-26(33)29-23-5-3-4-6-24(23)31/h3-10,19-20H,11-18H2,1-2H3,(H,28,32)(H,29,33). The van der Waals surface area contributed by atoms with E-state index < -0.39 is 0 Å². The molecule has 4 rings (SSSR count). The molecule has 0 bridgehead atoms. The van der Waals surface area contributed by atoms with Crippen LogP contribution in [-0.4, -0.2) is 42.3 Å². The van der Waals surface area contributed by atoms with Gasteiger partial charge in [-0.15, -0.1) is 0 Å². The lowest BCUT2D eigenvalue weighted by molar-refractivity contribution is -0.125. The summed E-state index contributed by atoms with van der Waals surface area (Å²) in [7, 11) is 0. The average molecular weight is 463 g/mol. The van der Waals surface area contributed by atoms with E-state index in [1.165, 1.54) is 16.9 Å². The van der Waals surface area contributed by atoms with Gasteiger partial charge in [-0.25, -0.2) is 0 Å². The van der Waals surface area contributed by atoms with Gasteiger partial charge in [-0.3, -0.25) is 19.3 Å². The van der Waals surface area contributed by atoms with E-state index in [0.29, 0.717) is 17.9 Å². The van der Waals surface area contributed by atoms with Gasteiger partial charge in [-0.1, -0.05) is 50.2 Å². The second kappa shape index (κ2) is 10.8. The molecule has 2 aliphatic rings. The molecule has 7 heteroatoms. The molecule has 2 unspecified atom stereocenters. The van der Waals surface area contributed by atoms with Gasteiger partial charge in [0, 0.05) is 39.0 Å². The molecule has 3 amide bonds. The van der Waals surface area contributed by atoms with Gasteiger partial charge in [0.25, 0.3) is 0 Å². The number of anilines is 2. The van der Waals surface area contributed by atoms with Gasteiger partial charge >= 0.3 is 0 Å². The Morgan fingerprint density at radius 3 is 2.38 bits per heavy atom. The molecule has 0 saturated carbocycles. The predicted octanol–water partition coefficient (Wildman–Crippen LogP) is 3.55. The summed E-state index contributed by atoms with van der Waals surface area (Å²) in [5, 5.41) is 5.66. The number of hydrogen-bond donors (Lipinski definition) is 2. The van der Waals surface area contributed by atoms with Crippen molar-refractivity contribution in [2.24, 2.45) is 11.8 Å². The lowest BCUT2D eigenvalue weighted by atomic mass is 9.91. The SMILES string of the molecule is CC1CC(C)CN(Cc2ccc(CNC(=O)CCC(=O)N3CC(=O)Nc4ccccc43)cc2)C1. The molecule has 7 nitrogen and oxygen atoms in total. The Labute approximate surface area is 201 Å². The third-order valence-corrected chi connectivity index (χ3v) is 6.50. The molecule has 1 fully saturated rings. The molecule has 0 aliphatic carbocycles. The number of piperidine rings is 1. The fourth-order valence-electron chi connectivity index (χ4n) is 5.04. The van der Waals surface area contributed by atoms with E-state index in [9.17, 15) is 14.4 Å². The molecular formula is C27H34N4O3. The molecular weight excluding hydrogens is 428 g/mol. The van der Waals surface area contributed by atoms with Crippen molar-refractivity contribution in [2.75, 3.05) is 29.9 Å². The lowest BCUT2D eigenvalue weighted by Crippen LogP contribution is -2.42. The zero-order valence-electron chi connectivity index (χ0n) is 20.0. The van der Waals surface area contributed by atoms with Crippen LogP contribution in [0, 0.1) is 11.8 Å². The monoisotopic (exact) mass is 462 g/mol. The average Bonchev–Trinajstić information content (AvgIpc) is 2.81. The van der Waals surface area contributed by atoms with Crippen LogP contribution in [0.25, 0.3) is 0 Å². The van der Waals surface area contributed by atoms with Crippen LogP contribution in [0.2, 0.25) is 0 Å². The minimum absolute atomic E-state index is 0.0287. The fraction of sp³-hybridized carbons (Fsp3) is 0.444. The summed E-state index contributed by atoms with van der Waals surface area (Å²) >= 11 is 0. The summed E-state index contributed by atoms with van der Waals surface area (Å²) in [5.41, 5.74) is 3.60. The zero-order valence-corrected chi connectivity index (χ0v) is 20.0. The third-order valence-electron chi connectivity index (χ3n) is 6.50. The van der Waals surface area contributed by atoms with Crippen molar-refractivity contribution in [3.05, 3.63) is 59.7 Å².